The fourth-order valence-corrected chi connectivity index (χ4v) is 1.50. The second-order valence-corrected chi connectivity index (χ2v) is 4.26. The Labute approximate surface area is 100 Å². The van der Waals surface area contributed by atoms with Gasteiger partial charge in [-0.1, -0.05) is 12.1 Å². The minimum absolute atomic E-state index is 0.128. The van der Waals surface area contributed by atoms with E-state index in [1.807, 2.05) is 0 Å². The van der Waals surface area contributed by atoms with E-state index in [-0.39, 0.29) is 5.91 Å². The standard InChI is InChI=1S/C11H17ClN2O2/c1-8(6-12)4-3-5-13-11(15)10-7-14-16-9(10)2/h7-8H,3-6H2,1-2H3,(H,13,15). The molecule has 0 aliphatic carbocycles. The first-order valence-electron chi connectivity index (χ1n) is 5.40. The van der Waals surface area contributed by atoms with E-state index in [1.165, 1.54) is 6.20 Å². The molecule has 1 N–H and O–H groups in total. The predicted molar refractivity (Wildman–Crippen MR) is 62.7 cm³/mol. The van der Waals surface area contributed by atoms with Crippen LogP contribution in [0.25, 0.3) is 0 Å². The summed E-state index contributed by atoms with van der Waals surface area (Å²) in [7, 11) is 0. The van der Waals surface area contributed by atoms with Gasteiger partial charge in [-0.2, -0.15) is 0 Å². The van der Waals surface area contributed by atoms with Crippen LogP contribution in [0.4, 0.5) is 0 Å². The Morgan fingerprint density at radius 2 is 2.44 bits per heavy atom. The number of halogens is 1. The molecule has 1 amide bonds. The number of aromatic nitrogens is 1. The average molecular weight is 245 g/mol. The predicted octanol–water partition coefficient (Wildman–Crippen LogP) is 2.37. The zero-order chi connectivity index (χ0) is 12.0. The van der Waals surface area contributed by atoms with Gasteiger partial charge in [-0.3, -0.25) is 4.79 Å². The number of carbonyl (C=O) groups is 1. The Hall–Kier alpha value is -1.03. The zero-order valence-corrected chi connectivity index (χ0v) is 10.4. The molecule has 0 aliphatic rings. The summed E-state index contributed by atoms with van der Waals surface area (Å²) < 4.78 is 4.82. The fraction of sp³-hybridized carbons (Fsp3) is 0.636. The number of hydrogen-bond acceptors (Lipinski definition) is 3. The molecule has 1 unspecified atom stereocenters. The van der Waals surface area contributed by atoms with Crippen molar-refractivity contribution >= 4 is 17.5 Å². The van der Waals surface area contributed by atoms with Crippen molar-refractivity contribution in [3.63, 3.8) is 0 Å². The first-order valence-corrected chi connectivity index (χ1v) is 5.94. The number of carbonyl (C=O) groups excluding carboxylic acids is 1. The van der Waals surface area contributed by atoms with Crippen molar-refractivity contribution < 1.29 is 9.32 Å². The summed E-state index contributed by atoms with van der Waals surface area (Å²) in [5, 5.41) is 6.38. The third-order valence-corrected chi connectivity index (χ3v) is 2.94. The number of rotatable bonds is 6. The number of alkyl halides is 1. The average Bonchev–Trinajstić information content (AvgIpc) is 2.70. The molecule has 0 fully saturated rings. The highest BCUT2D eigenvalue weighted by atomic mass is 35.5. The molecule has 0 saturated heterocycles. The van der Waals surface area contributed by atoms with E-state index in [2.05, 4.69) is 17.4 Å². The van der Waals surface area contributed by atoms with Crippen LogP contribution in [0, 0.1) is 12.8 Å². The van der Waals surface area contributed by atoms with Gasteiger partial charge in [0.15, 0.2) is 0 Å². The summed E-state index contributed by atoms with van der Waals surface area (Å²) >= 11 is 5.69. The summed E-state index contributed by atoms with van der Waals surface area (Å²) in [6, 6.07) is 0. The van der Waals surface area contributed by atoms with E-state index < -0.39 is 0 Å². The SMILES string of the molecule is Cc1oncc1C(=O)NCCCC(C)CCl. The smallest absolute Gasteiger partial charge is 0.256 e. The van der Waals surface area contributed by atoms with Crippen molar-refractivity contribution in [3.8, 4) is 0 Å². The van der Waals surface area contributed by atoms with E-state index in [0.29, 0.717) is 29.7 Å². The van der Waals surface area contributed by atoms with Gasteiger partial charge in [-0.25, -0.2) is 0 Å². The van der Waals surface area contributed by atoms with Crippen LogP contribution in [-0.2, 0) is 0 Å². The molecule has 0 spiro atoms. The van der Waals surface area contributed by atoms with E-state index in [1.54, 1.807) is 6.92 Å². The summed E-state index contributed by atoms with van der Waals surface area (Å²) in [5.41, 5.74) is 0.505. The topological polar surface area (TPSA) is 55.1 Å². The fourth-order valence-electron chi connectivity index (χ4n) is 1.34. The minimum Gasteiger partial charge on any atom is -0.361 e. The van der Waals surface area contributed by atoms with E-state index >= 15 is 0 Å². The summed E-state index contributed by atoms with van der Waals surface area (Å²) in [6.07, 6.45) is 3.39. The maximum Gasteiger partial charge on any atom is 0.256 e. The molecule has 5 heteroatoms. The van der Waals surface area contributed by atoms with Crippen LogP contribution in [0.5, 0.6) is 0 Å². The first kappa shape index (κ1) is 13.0. The molecule has 0 saturated carbocycles. The van der Waals surface area contributed by atoms with Crippen LogP contribution >= 0.6 is 11.6 Å². The molecule has 1 aromatic rings. The minimum atomic E-state index is -0.128. The molecular formula is C11H17ClN2O2. The van der Waals surface area contributed by atoms with Gasteiger partial charge >= 0.3 is 0 Å². The molecule has 0 aliphatic heterocycles. The van der Waals surface area contributed by atoms with Crippen LogP contribution in [-0.4, -0.2) is 23.5 Å². The maximum absolute atomic E-state index is 11.6. The molecule has 16 heavy (non-hydrogen) atoms. The number of hydrogen-bond donors (Lipinski definition) is 1. The lowest BCUT2D eigenvalue weighted by Crippen LogP contribution is -2.25. The van der Waals surface area contributed by atoms with Crippen LogP contribution in [0.2, 0.25) is 0 Å². The monoisotopic (exact) mass is 244 g/mol. The number of nitrogens with one attached hydrogen (secondary N) is 1. The van der Waals surface area contributed by atoms with Gasteiger partial charge in [-0.15, -0.1) is 11.6 Å². The van der Waals surface area contributed by atoms with Gasteiger partial charge in [-0.05, 0) is 25.7 Å². The van der Waals surface area contributed by atoms with Crippen LogP contribution in [0.15, 0.2) is 10.7 Å². The van der Waals surface area contributed by atoms with Gasteiger partial charge in [0.2, 0.25) is 0 Å². The molecule has 0 aromatic carbocycles. The maximum atomic E-state index is 11.6. The van der Waals surface area contributed by atoms with Crippen LogP contribution in [0.3, 0.4) is 0 Å². The van der Waals surface area contributed by atoms with Gasteiger partial charge in [0.1, 0.15) is 11.3 Å². The van der Waals surface area contributed by atoms with Crippen molar-refractivity contribution in [3.05, 3.63) is 17.5 Å². The van der Waals surface area contributed by atoms with Crippen molar-refractivity contribution in [1.82, 2.24) is 10.5 Å². The van der Waals surface area contributed by atoms with Crippen LogP contribution < -0.4 is 5.32 Å². The largest absolute Gasteiger partial charge is 0.361 e. The van der Waals surface area contributed by atoms with Gasteiger partial charge in [0.25, 0.3) is 5.91 Å². The third-order valence-electron chi connectivity index (χ3n) is 2.42. The zero-order valence-electron chi connectivity index (χ0n) is 9.62. The summed E-state index contributed by atoms with van der Waals surface area (Å²) in [4.78, 5) is 11.6. The molecule has 90 valence electrons. The van der Waals surface area contributed by atoms with Crippen molar-refractivity contribution in [2.75, 3.05) is 12.4 Å². The molecule has 0 radical (unpaired) electrons. The highest BCUT2D eigenvalue weighted by Gasteiger charge is 2.11. The Morgan fingerprint density at radius 1 is 1.69 bits per heavy atom. The van der Waals surface area contributed by atoms with Crippen molar-refractivity contribution in [2.24, 2.45) is 5.92 Å². The number of amides is 1. The molecule has 1 atom stereocenters. The molecule has 1 rings (SSSR count). The number of nitrogens with zero attached hydrogens (tertiary/aromatic N) is 1. The normalized spacial score (nSPS) is 12.4. The van der Waals surface area contributed by atoms with E-state index in [4.69, 9.17) is 16.1 Å². The Kier molecular flexibility index (Phi) is 5.32. The van der Waals surface area contributed by atoms with Crippen molar-refractivity contribution in [2.45, 2.75) is 26.7 Å². The molecule has 4 nitrogen and oxygen atoms in total. The van der Waals surface area contributed by atoms with Gasteiger partial charge in [0.05, 0.1) is 6.20 Å². The highest BCUT2D eigenvalue weighted by Crippen LogP contribution is 2.07. The molecule has 1 aromatic heterocycles. The second-order valence-electron chi connectivity index (χ2n) is 3.95. The van der Waals surface area contributed by atoms with E-state index in [0.717, 1.165) is 12.8 Å². The number of aryl methyl sites for hydroxylation is 1. The summed E-state index contributed by atoms with van der Waals surface area (Å²) in [6.45, 7) is 4.47. The lowest BCUT2D eigenvalue weighted by molar-refractivity contribution is 0.0951. The van der Waals surface area contributed by atoms with Crippen molar-refractivity contribution in [1.29, 1.82) is 0 Å². The highest BCUT2D eigenvalue weighted by molar-refractivity contribution is 6.18. The Bertz CT molecular complexity index is 338. The summed E-state index contributed by atoms with van der Waals surface area (Å²) in [5.74, 6) is 1.58. The van der Waals surface area contributed by atoms with Gasteiger partial charge < -0.3 is 9.84 Å². The second kappa shape index (κ2) is 6.53. The Balaban J connectivity index is 2.24. The third kappa shape index (κ3) is 3.85. The molecule has 0 bridgehead atoms. The first-order chi connectivity index (χ1) is 7.65. The lowest BCUT2D eigenvalue weighted by atomic mass is 10.1. The Morgan fingerprint density at radius 3 is 3.00 bits per heavy atom. The molecular weight excluding hydrogens is 228 g/mol. The molecule has 1 heterocycles. The van der Waals surface area contributed by atoms with Gasteiger partial charge in [0, 0.05) is 12.4 Å². The van der Waals surface area contributed by atoms with E-state index in [9.17, 15) is 4.79 Å². The quantitative estimate of drug-likeness (QED) is 0.617. The van der Waals surface area contributed by atoms with Crippen LogP contribution in [0.1, 0.15) is 35.9 Å². The lowest BCUT2D eigenvalue weighted by Gasteiger charge is -2.07.